The Morgan fingerprint density at radius 3 is 2.40 bits per heavy atom. The number of rotatable bonds is 4. The van der Waals surface area contributed by atoms with Gasteiger partial charge in [0.15, 0.2) is 0 Å². The van der Waals surface area contributed by atoms with Crippen molar-refractivity contribution in [2.45, 2.75) is 30.4 Å². The maximum atomic E-state index is 12.6. The van der Waals surface area contributed by atoms with E-state index >= 15 is 0 Å². The van der Waals surface area contributed by atoms with E-state index < -0.39 is 17.4 Å². The molecule has 1 heterocycles. The van der Waals surface area contributed by atoms with Crippen LogP contribution < -0.4 is 10.2 Å². The van der Waals surface area contributed by atoms with Crippen molar-refractivity contribution in [3.05, 3.63) is 66.2 Å². The minimum absolute atomic E-state index is 0.0162. The average molecular weight is 336 g/mol. The van der Waals surface area contributed by atoms with Gasteiger partial charge in [0, 0.05) is 30.6 Å². The number of anilines is 1. The van der Waals surface area contributed by atoms with Gasteiger partial charge in [0.05, 0.1) is 0 Å². The van der Waals surface area contributed by atoms with Crippen molar-refractivity contribution in [2.24, 2.45) is 0 Å². The van der Waals surface area contributed by atoms with Crippen LogP contribution in [0.5, 0.6) is 0 Å². The summed E-state index contributed by atoms with van der Waals surface area (Å²) in [6.07, 6.45) is 0.942. The van der Waals surface area contributed by atoms with Crippen LogP contribution in [0.25, 0.3) is 0 Å². The van der Waals surface area contributed by atoms with Gasteiger partial charge < -0.3 is 15.3 Å². The average Bonchev–Trinajstić information content (AvgIpc) is 3.35. The fraction of sp³-hybridized carbons (Fsp3) is 0.300. The van der Waals surface area contributed by atoms with Crippen LogP contribution in [0.1, 0.15) is 24.3 Å². The summed E-state index contributed by atoms with van der Waals surface area (Å²) in [7, 11) is 0. The summed E-state index contributed by atoms with van der Waals surface area (Å²) >= 11 is 0. The molecule has 25 heavy (non-hydrogen) atoms. The number of aliphatic hydroxyl groups is 1. The normalized spacial score (nSPS) is 28.0. The number of para-hydroxylation sites is 1. The second-order valence-electron chi connectivity index (χ2n) is 6.74. The Labute approximate surface area is 146 Å². The molecule has 3 unspecified atom stereocenters. The summed E-state index contributed by atoms with van der Waals surface area (Å²) in [4.78, 5) is 26.7. The molecule has 5 heteroatoms. The first-order valence-corrected chi connectivity index (χ1v) is 8.55. The van der Waals surface area contributed by atoms with Crippen molar-refractivity contribution in [2.75, 3.05) is 11.4 Å². The van der Waals surface area contributed by atoms with E-state index in [1.807, 2.05) is 48.5 Å². The molecule has 0 spiro atoms. The minimum atomic E-state index is -1.97. The van der Waals surface area contributed by atoms with Crippen molar-refractivity contribution in [1.29, 1.82) is 0 Å². The van der Waals surface area contributed by atoms with Gasteiger partial charge in [0.25, 0.3) is 11.8 Å². The highest BCUT2D eigenvalue weighted by atomic mass is 16.3. The van der Waals surface area contributed by atoms with Gasteiger partial charge >= 0.3 is 0 Å². The molecule has 2 aromatic carbocycles. The van der Waals surface area contributed by atoms with Gasteiger partial charge in [0.1, 0.15) is 0 Å². The summed E-state index contributed by atoms with van der Waals surface area (Å²) in [6, 6.07) is 19.1. The third kappa shape index (κ3) is 2.81. The SMILES string of the molecule is O=C(NC1CC1c1ccccc1)C1(O)CCN(c2ccccc2)C1=O. The zero-order valence-corrected chi connectivity index (χ0v) is 13.8. The smallest absolute Gasteiger partial charge is 0.268 e. The molecule has 1 saturated carbocycles. The Hall–Kier alpha value is -2.66. The number of nitrogens with zero attached hydrogens (tertiary/aromatic N) is 1. The van der Waals surface area contributed by atoms with Crippen molar-refractivity contribution in [1.82, 2.24) is 5.32 Å². The lowest BCUT2D eigenvalue weighted by atomic mass is 10.0. The van der Waals surface area contributed by atoms with Gasteiger partial charge in [-0.15, -0.1) is 0 Å². The van der Waals surface area contributed by atoms with Crippen LogP contribution in [-0.4, -0.2) is 35.1 Å². The molecule has 1 aliphatic carbocycles. The summed E-state index contributed by atoms with van der Waals surface area (Å²) in [5.41, 5.74) is -0.104. The highest BCUT2D eigenvalue weighted by Gasteiger charge is 2.53. The Morgan fingerprint density at radius 2 is 1.72 bits per heavy atom. The van der Waals surface area contributed by atoms with Crippen LogP contribution in [0.3, 0.4) is 0 Å². The zero-order chi connectivity index (χ0) is 17.4. The standard InChI is InChI=1S/C20H20N2O3/c23-18(21-17-13-16(17)14-7-3-1-4-8-14)20(25)11-12-22(19(20)24)15-9-5-2-6-10-15/h1-10,16-17,25H,11-13H2,(H,21,23). The lowest BCUT2D eigenvalue weighted by Crippen LogP contribution is -2.53. The predicted octanol–water partition coefficient (Wildman–Crippen LogP) is 1.83. The number of carbonyl (C=O) groups is 2. The van der Waals surface area contributed by atoms with Gasteiger partial charge in [-0.1, -0.05) is 48.5 Å². The third-order valence-electron chi connectivity index (χ3n) is 5.07. The van der Waals surface area contributed by atoms with Crippen molar-refractivity contribution >= 4 is 17.5 Å². The molecule has 4 rings (SSSR count). The highest BCUT2D eigenvalue weighted by Crippen LogP contribution is 2.41. The number of hydrogen-bond acceptors (Lipinski definition) is 3. The molecule has 0 bridgehead atoms. The minimum Gasteiger partial charge on any atom is -0.372 e. The van der Waals surface area contributed by atoms with E-state index in [0.717, 1.165) is 6.42 Å². The summed E-state index contributed by atoms with van der Waals surface area (Å²) < 4.78 is 0. The largest absolute Gasteiger partial charge is 0.372 e. The molecule has 1 saturated heterocycles. The molecule has 2 aromatic rings. The second kappa shape index (κ2) is 6.01. The Kier molecular flexibility index (Phi) is 3.81. The first-order chi connectivity index (χ1) is 12.1. The maximum Gasteiger partial charge on any atom is 0.268 e. The maximum absolute atomic E-state index is 12.6. The first-order valence-electron chi connectivity index (χ1n) is 8.55. The van der Waals surface area contributed by atoms with Crippen LogP contribution in [-0.2, 0) is 9.59 Å². The van der Waals surface area contributed by atoms with E-state index in [0.29, 0.717) is 12.2 Å². The Morgan fingerprint density at radius 1 is 1.08 bits per heavy atom. The summed E-state index contributed by atoms with van der Waals surface area (Å²) in [6.45, 7) is 0.333. The van der Waals surface area contributed by atoms with Gasteiger partial charge in [-0.2, -0.15) is 0 Å². The van der Waals surface area contributed by atoms with Crippen molar-refractivity contribution < 1.29 is 14.7 Å². The van der Waals surface area contributed by atoms with Crippen LogP contribution >= 0.6 is 0 Å². The molecule has 5 nitrogen and oxygen atoms in total. The van der Waals surface area contributed by atoms with E-state index in [1.165, 1.54) is 10.5 Å². The molecule has 3 atom stereocenters. The Balaban J connectivity index is 1.43. The van der Waals surface area contributed by atoms with Crippen LogP contribution in [0.2, 0.25) is 0 Å². The Bertz CT molecular complexity index is 793. The van der Waals surface area contributed by atoms with E-state index in [9.17, 15) is 14.7 Å². The number of hydrogen-bond donors (Lipinski definition) is 2. The molecular weight excluding hydrogens is 316 g/mol. The fourth-order valence-corrected chi connectivity index (χ4v) is 3.48. The quantitative estimate of drug-likeness (QED) is 0.837. The lowest BCUT2D eigenvalue weighted by Gasteiger charge is -2.22. The van der Waals surface area contributed by atoms with Crippen LogP contribution in [0.15, 0.2) is 60.7 Å². The van der Waals surface area contributed by atoms with Crippen LogP contribution in [0.4, 0.5) is 5.69 Å². The lowest BCUT2D eigenvalue weighted by molar-refractivity contribution is -0.149. The summed E-state index contributed by atoms with van der Waals surface area (Å²) in [5, 5.41) is 13.5. The number of carbonyl (C=O) groups excluding carboxylic acids is 2. The molecular formula is C20H20N2O3. The molecule has 2 amide bonds. The zero-order valence-electron chi connectivity index (χ0n) is 13.8. The van der Waals surface area contributed by atoms with Gasteiger partial charge in [-0.3, -0.25) is 9.59 Å². The molecule has 2 aliphatic rings. The predicted molar refractivity (Wildman–Crippen MR) is 94.1 cm³/mol. The molecule has 128 valence electrons. The van der Waals surface area contributed by atoms with E-state index in [2.05, 4.69) is 5.32 Å². The van der Waals surface area contributed by atoms with Crippen molar-refractivity contribution in [3.8, 4) is 0 Å². The molecule has 1 aliphatic heterocycles. The van der Waals surface area contributed by atoms with Gasteiger partial charge in [0.2, 0.25) is 5.60 Å². The monoisotopic (exact) mass is 336 g/mol. The number of benzene rings is 2. The molecule has 2 fully saturated rings. The van der Waals surface area contributed by atoms with E-state index in [1.54, 1.807) is 12.1 Å². The fourth-order valence-electron chi connectivity index (χ4n) is 3.48. The van der Waals surface area contributed by atoms with Crippen LogP contribution in [0, 0.1) is 0 Å². The number of amides is 2. The first kappa shape index (κ1) is 15.8. The third-order valence-corrected chi connectivity index (χ3v) is 5.07. The van der Waals surface area contributed by atoms with Gasteiger partial charge in [-0.25, -0.2) is 0 Å². The van der Waals surface area contributed by atoms with Gasteiger partial charge in [-0.05, 0) is 24.1 Å². The topological polar surface area (TPSA) is 69.6 Å². The van der Waals surface area contributed by atoms with E-state index in [-0.39, 0.29) is 18.4 Å². The molecule has 0 aromatic heterocycles. The second-order valence-corrected chi connectivity index (χ2v) is 6.74. The molecule has 2 N–H and O–H groups in total. The highest BCUT2D eigenvalue weighted by molar-refractivity contribution is 6.16. The molecule has 0 radical (unpaired) electrons. The summed E-state index contributed by atoms with van der Waals surface area (Å²) in [5.74, 6) is -0.872. The van der Waals surface area contributed by atoms with E-state index in [4.69, 9.17) is 0 Å². The van der Waals surface area contributed by atoms with Crippen molar-refractivity contribution in [3.63, 3.8) is 0 Å². The number of nitrogens with one attached hydrogen (secondary N) is 1.